The predicted molar refractivity (Wildman–Crippen MR) is 139 cm³/mol. The van der Waals surface area contributed by atoms with E-state index in [9.17, 15) is 14.4 Å². The molecule has 37 heavy (non-hydrogen) atoms. The Morgan fingerprint density at radius 3 is 2.57 bits per heavy atom. The molecule has 1 saturated carbocycles. The van der Waals surface area contributed by atoms with Gasteiger partial charge >= 0.3 is 5.69 Å². The van der Waals surface area contributed by atoms with Gasteiger partial charge in [-0.3, -0.25) is 23.6 Å². The average molecular weight is 523 g/mol. The molecule has 0 atom stereocenters. The minimum absolute atomic E-state index is 0.0272. The number of amides is 1. The Labute approximate surface area is 217 Å². The van der Waals surface area contributed by atoms with Gasteiger partial charge in [0.15, 0.2) is 5.65 Å². The van der Waals surface area contributed by atoms with Crippen molar-refractivity contribution >= 4 is 34.5 Å². The number of aromatic nitrogens is 7. The van der Waals surface area contributed by atoms with E-state index in [-0.39, 0.29) is 34.0 Å². The quantitative estimate of drug-likeness (QED) is 0.376. The highest BCUT2D eigenvalue weighted by atomic mass is 35.5. The van der Waals surface area contributed by atoms with Gasteiger partial charge in [-0.15, -0.1) is 0 Å². The zero-order valence-corrected chi connectivity index (χ0v) is 21.4. The van der Waals surface area contributed by atoms with E-state index in [1.54, 1.807) is 23.9 Å². The van der Waals surface area contributed by atoms with Crippen molar-refractivity contribution in [1.29, 1.82) is 0 Å². The number of nitrogens with zero attached hydrogens (tertiary/aromatic N) is 7. The van der Waals surface area contributed by atoms with E-state index in [0.29, 0.717) is 42.2 Å². The second kappa shape index (κ2) is 10.3. The summed E-state index contributed by atoms with van der Waals surface area (Å²) in [6.07, 6.45) is 8.99. The van der Waals surface area contributed by atoms with Gasteiger partial charge in [-0.1, -0.05) is 24.6 Å². The lowest BCUT2D eigenvalue weighted by Crippen LogP contribution is -2.44. The lowest BCUT2D eigenvalue weighted by atomic mass is 9.93. The lowest BCUT2D eigenvalue weighted by molar-refractivity contribution is 0.0987. The Morgan fingerprint density at radius 1 is 1.14 bits per heavy atom. The largest absolute Gasteiger partial charge is 0.336 e. The Balaban J connectivity index is 1.33. The summed E-state index contributed by atoms with van der Waals surface area (Å²) >= 11 is 5.74. The fourth-order valence-electron chi connectivity index (χ4n) is 4.42. The first-order valence-electron chi connectivity index (χ1n) is 12.3. The van der Waals surface area contributed by atoms with Crippen molar-refractivity contribution in [1.82, 2.24) is 34.1 Å². The van der Waals surface area contributed by atoms with Crippen LogP contribution in [-0.4, -0.2) is 47.0 Å². The van der Waals surface area contributed by atoms with Crippen LogP contribution in [0.15, 0.2) is 40.3 Å². The van der Waals surface area contributed by atoms with Crippen molar-refractivity contribution < 1.29 is 4.79 Å². The number of rotatable bonds is 8. The van der Waals surface area contributed by atoms with Crippen LogP contribution in [0, 0.1) is 0 Å². The number of pyridine rings is 1. The van der Waals surface area contributed by atoms with Crippen LogP contribution >= 0.6 is 11.6 Å². The van der Waals surface area contributed by atoms with Crippen LogP contribution in [0.25, 0.3) is 11.2 Å². The number of halogens is 1. The number of nitrogens with one attached hydrogen (secondary N) is 1. The van der Waals surface area contributed by atoms with Crippen LogP contribution in [-0.2, 0) is 19.4 Å². The molecule has 1 aliphatic rings. The van der Waals surface area contributed by atoms with E-state index in [4.69, 9.17) is 11.6 Å². The van der Waals surface area contributed by atoms with E-state index in [0.717, 1.165) is 31.2 Å². The number of anilines is 1. The summed E-state index contributed by atoms with van der Waals surface area (Å²) in [7, 11) is 1.61. The summed E-state index contributed by atoms with van der Waals surface area (Å²) in [5, 5.41) is 0.212. The maximum absolute atomic E-state index is 13.1. The standard InChI is InChI=1S/C25H27ClN8O3/c1-3-11-33-22-21(24(36)34(25(33)37)16-5-4-6-16)30-19(31-22)9-7-15-8-10-20(29-12-15)32(2)23(35)17-13-28-18(26)14-27-17/h8,10,12-14,16H,3-7,9,11H2,1-2H3,(H,30,31). The number of aryl methyl sites for hydroxylation is 3. The molecule has 0 saturated heterocycles. The van der Waals surface area contributed by atoms with Gasteiger partial charge < -0.3 is 4.98 Å². The maximum Gasteiger partial charge on any atom is 0.332 e. The summed E-state index contributed by atoms with van der Waals surface area (Å²) < 4.78 is 3.02. The highest BCUT2D eigenvalue weighted by molar-refractivity contribution is 6.29. The number of fused-ring (bicyclic) bond motifs is 1. The molecule has 1 fully saturated rings. The van der Waals surface area contributed by atoms with Crippen molar-refractivity contribution in [2.45, 2.75) is 58.0 Å². The number of hydrogen-bond acceptors (Lipinski definition) is 7. The average Bonchev–Trinajstić information content (AvgIpc) is 3.31. The molecule has 4 aromatic rings. The van der Waals surface area contributed by atoms with E-state index in [2.05, 4.69) is 24.9 Å². The third-order valence-electron chi connectivity index (χ3n) is 6.69. The summed E-state index contributed by atoms with van der Waals surface area (Å²) in [5.41, 5.74) is 1.34. The Bertz CT molecular complexity index is 1550. The molecular weight excluding hydrogens is 496 g/mol. The van der Waals surface area contributed by atoms with E-state index in [1.165, 1.54) is 21.9 Å². The van der Waals surface area contributed by atoms with Gasteiger partial charge in [0.25, 0.3) is 11.5 Å². The van der Waals surface area contributed by atoms with Crippen LogP contribution in [0.4, 0.5) is 5.82 Å². The zero-order valence-electron chi connectivity index (χ0n) is 20.6. The van der Waals surface area contributed by atoms with Crippen molar-refractivity contribution in [2.75, 3.05) is 11.9 Å². The first-order chi connectivity index (χ1) is 17.9. The van der Waals surface area contributed by atoms with Gasteiger partial charge in [-0.2, -0.15) is 0 Å². The van der Waals surface area contributed by atoms with Crippen molar-refractivity contribution in [3.63, 3.8) is 0 Å². The number of aromatic amines is 1. The Morgan fingerprint density at radius 2 is 1.95 bits per heavy atom. The van der Waals surface area contributed by atoms with E-state index in [1.807, 2.05) is 13.0 Å². The van der Waals surface area contributed by atoms with E-state index >= 15 is 0 Å². The van der Waals surface area contributed by atoms with Crippen LogP contribution in [0.1, 0.15) is 60.5 Å². The minimum Gasteiger partial charge on any atom is -0.336 e. The Kier molecular flexibility index (Phi) is 6.88. The Hall–Kier alpha value is -3.86. The maximum atomic E-state index is 13.1. The highest BCUT2D eigenvalue weighted by Crippen LogP contribution is 2.29. The van der Waals surface area contributed by atoms with Crippen LogP contribution in [0.2, 0.25) is 5.15 Å². The molecule has 0 aromatic carbocycles. The molecule has 0 unspecified atom stereocenters. The van der Waals surface area contributed by atoms with Gasteiger partial charge in [-0.25, -0.2) is 24.7 Å². The molecule has 0 bridgehead atoms. The topological polar surface area (TPSA) is 132 Å². The van der Waals surface area contributed by atoms with Gasteiger partial charge in [0.2, 0.25) is 0 Å². The lowest BCUT2D eigenvalue weighted by Gasteiger charge is -2.27. The minimum atomic E-state index is -0.350. The van der Waals surface area contributed by atoms with Crippen LogP contribution in [0.5, 0.6) is 0 Å². The molecule has 5 rings (SSSR count). The first-order valence-corrected chi connectivity index (χ1v) is 12.7. The SMILES string of the molecule is CCCn1c(=O)n(C2CCC2)c(=O)c2[nH]c(CCc3ccc(N(C)C(=O)c4cnc(Cl)cn4)nc3)nc21. The second-order valence-electron chi connectivity index (χ2n) is 9.19. The molecule has 12 heteroatoms. The molecule has 0 spiro atoms. The molecule has 1 N–H and O–H groups in total. The van der Waals surface area contributed by atoms with Gasteiger partial charge in [0, 0.05) is 32.3 Å². The normalized spacial score (nSPS) is 13.6. The molecule has 4 aromatic heterocycles. The van der Waals surface area contributed by atoms with Gasteiger partial charge in [0.05, 0.1) is 12.4 Å². The number of imidazole rings is 1. The summed E-state index contributed by atoms with van der Waals surface area (Å²) in [5.74, 6) is 0.757. The van der Waals surface area contributed by atoms with Crippen molar-refractivity contribution in [2.24, 2.45) is 0 Å². The van der Waals surface area contributed by atoms with E-state index < -0.39 is 0 Å². The molecule has 4 heterocycles. The third kappa shape index (κ3) is 4.78. The predicted octanol–water partition coefficient (Wildman–Crippen LogP) is 2.92. The first kappa shape index (κ1) is 24.8. The summed E-state index contributed by atoms with van der Waals surface area (Å²) in [6, 6.07) is 3.62. The van der Waals surface area contributed by atoms with Gasteiger partial charge in [-0.05, 0) is 43.7 Å². The molecule has 11 nitrogen and oxygen atoms in total. The fourth-order valence-corrected chi connectivity index (χ4v) is 4.52. The van der Waals surface area contributed by atoms with Gasteiger partial charge in [0.1, 0.15) is 28.0 Å². The number of H-pyrrole nitrogens is 1. The number of carbonyl (C=O) groups excluding carboxylic acids is 1. The number of hydrogen-bond donors (Lipinski definition) is 1. The molecule has 192 valence electrons. The monoisotopic (exact) mass is 522 g/mol. The second-order valence-corrected chi connectivity index (χ2v) is 9.58. The fraction of sp³-hybridized carbons (Fsp3) is 0.400. The zero-order chi connectivity index (χ0) is 26.1. The number of carbonyl (C=O) groups is 1. The summed E-state index contributed by atoms with van der Waals surface area (Å²) in [4.78, 5) is 60.3. The molecular formula is C25H27ClN8O3. The van der Waals surface area contributed by atoms with Crippen molar-refractivity contribution in [3.8, 4) is 0 Å². The van der Waals surface area contributed by atoms with Crippen LogP contribution < -0.4 is 16.1 Å². The molecule has 0 radical (unpaired) electrons. The van der Waals surface area contributed by atoms with Crippen molar-refractivity contribution in [3.05, 3.63) is 73.8 Å². The molecule has 0 aliphatic heterocycles. The summed E-state index contributed by atoms with van der Waals surface area (Å²) in [6.45, 7) is 2.50. The smallest absolute Gasteiger partial charge is 0.332 e. The third-order valence-corrected chi connectivity index (χ3v) is 6.89. The van der Waals surface area contributed by atoms with Crippen LogP contribution in [0.3, 0.4) is 0 Å². The molecule has 1 aliphatic carbocycles. The highest BCUT2D eigenvalue weighted by Gasteiger charge is 2.26. The molecule has 1 amide bonds.